The normalized spacial score (nSPS) is 13.6. The molecule has 0 aliphatic rings. The molecule has 1 unspecified atom stereocenters. The summed E-state index contributed by atoms with van der Waals surface area (Å²) in [5, 5.41) is 12.9. The highest BCUT2D eigenvalue weighted by Crippen LogP contribution is 2.22. The molecular formula is C10H17F3N4O. The van der Waals surface area contributed by atoms with Gasteiger partial charge in [0.25, 0.3) is 0 Å². The molecule has 1 rings (SSSR count). The number of halogens is 3. The van der Waals surface area contributed by atoms with E-state index in [1.807, 2.05) is 6.92 Å². The third kappa shape index (κ3) is 5.85. The van der Waals surface area contributed by atoms with Crippen molar-refractivity contribution >= 4 is 6.01 Å². The van der Waals surface area contributed by atoms with Crippen molar-refractivity contribution in [2.24, 2.45) is 0 Å². The van der Waals surface area contributed by atoms with Crippen LogP contribution in [0.4, 0.5) is 19.2 Å². The summed E-state index contributed by atoms with van der Waals surface area (Å²) >= 11 is 0. The number of aromatic nitrogens is 2. The van der Waals surface area contributed by atoms with Crippen molar-refractivity contribution in [3.63, 3.8) is 0 Å². The highest BCUT2D eigenvalue weighted by molar-refractivity contribution is 5.18. The van der Waals surface area contributed by atoms with Crippen molar-refractivity contribution in [2.75, 3.05) is 11.9 Å². The second kappa shape index (κ2) is 6.58. The quantitative estimate of drug-likeness (QED) is 0.741. The van der Waals surface area contributed by atoms with Crippen molar-refractivity contribution < 1.29 is 17.6 Å². The van der Waals surface area contributed by atoms with Gasteiger partial charge in [0, 0.05) is 6.04 Å². The largest absolute Gasteiger partial charge is 0.407 e. The molecule has 0 aromatic carbocycles. The Hall–Kier alpha value is -1.31. The van der Waals surface area contributed by atoms with Gasteiger partial charge in [-0.1, -0.05) is 12.0 Å². The van der Waals surface area contributed by atoms with Crippen molar-refractivity contribution in [3.8, 4) is 0 Å². The topological polar surface area (TPSA) is 63.0 Å². The number of nitrogens with zero attached hydrogens (tertiary/aromatic N) is 2. The molecule has 18 heavy (non-hydrogen) atoms. The molecule has 8 heteroatoms. The van der Waals surface area contributed by atoms with Crippen LogP contribution in [-0.2, 0) is 6.54 Å². The first-order valence-electron chi connectivity index (χ1n) is 5.77. The van der Waals surface area contributed by atoms with Crippen molar-refractivity contribution in [1.82, 2.24) is 15.5 Å². The summed E-state index contributed by atoms with van der Waals surface area (Å²) in [6, 6.07) is -0.790. The van der Waals surface area contributed by atoms with Crippen LogP contribution in [0.15, 0.2) is 4.42 Å². The third-order valence-electron chi connectivity index (χ3n) is 2.08. The third-order valence-corrected chi connectivity index (χ3v) is 2.08. The molecule has 1 atom stereocenters. The van der Waals surface area contributed by atoms with E-state index in [0.29, 0.717) is 12.4 Å². The van der Waals surface area contributed by atoms with E-state index in [2.05, 4.69) is 20.8 Å². The Labute approximate surface area is 103 Å². The molecule has 0 bridgehead atoms. The fraction of sp³-hybridized carbons (Fsp3) is 0.800. The smallest absolute Gasteiger partial charge is 0.391 e. The molecule has 2 N–H and O–H groups in total. The van der Waals surface area contributed by atoms with Gasteiger partial charge in [-0.2, -0.15) is 13.2 Å². The lowest BCUT2D eigenvalue weighted by Gasteiger charge is -2.13. The molecule has 0 saturated carbocycles. The standard InChI is InChI=1S/C10H17F3N4O/c1-3-4-14-6-8-16-17-9(18-8)15-7(2)5-10(11,12)13/h7,14H,3-6H2,1-2H3,(H,15,17). The van der Waals surface area contributed by atoms with Crippen LogP contribution in [0.2, 0.25) is 0 Å². The monoisotopic (exact) mass is 266 g/mol. The van der Waals surface area contributed by atoms with E-state index in [0.717, 1.165) is 13.0 Å². The average molecular weight is 266 g/mol. The Bertz CT molecular complexity index is 353. The van der Waals surface area contributed by atoms with E-state index in [-0.39, 0.29) is 6.01 Å². The molecule has 1 aromatic rings. The summed E-state index contributed by atoms with van der Waals surface area (Å²) in [6.07, 6.45) is -4.18. The lowest BCUT2D eigenvalue weighted by Crippen LogP contribution is -2.23. The number of hydrogen-bond donors (Lipinski definition) is 2. The van der Waals surface area contributed by atoms with Gasteiger partial charge in [0.05, 0.1) is 13.0 Å². The SMILES string of the molecule is CCCNCc1nnc(NC(C)CC(F)(F)F)o1. The number of anilines is 1. The second-order valence-electron chi connectivity index (χ2n) is 4.04. The molecule has 104 valence electrons. The van der Waals surface area contributed by atoms with Crippen LogP contribution in [0.25, 0.3) is 0 Å². The number of rotatable bonds is 7. The van der Waals surface area contributed by atoms with Crippen LogP contribution in [0.3, 0.4) is 0 Å². The van der Waals surface area contributed by atoms with E-state index < -0.39 is 18.6 Å². The highest BCUT2D eigenvalue weighted by atomic mass is 19.4. The minimum atomic E-state index is -4.21. The van der Waals surface area contributed by atoms with Crippen molar-refractivity contribution in [1.29, 1.82) is 0 Å². The summed E-state index contributed by atoms with van der Waals surface area (Å²) < 4.78 is 41.5. The van der Waals surface area contributed by atoms with Crippen molar-refractivity contribution in [2.45, 2.75) is 45.5 Å². The average Bonchev–Trinajstić information content (AvgIpc) is 2.63. The zero-order valence-electron chi connectivity index (χ0n) is 10.3. The number of hydrogen-bond acceptors (Lipinski definition) is 5. The van der Waals surface area contributed by atoms with Gasteiger partial charge >= 0.3 is 12.2 Å². The fourth-order valence-corrected chi connectivity index (χ4v) is 1.36. The first-order valence-corrected chi connectivity index (χ1v) is 5.77. The molecule has 0 saturated heterocycles. The zero-order chi connectivity index (χ0) is 13.6. The molecular weight excluding hydrogens is 249 g/mol. The van der Waals surface area contributed by atoms with Crippen molar-refractivity contribution in [3.05, 3.63) is 5.89 Å². The van der Waals surface area contributed by atoms with Gasteiger partial charge < -0.3 is 15.1 Å². The Morgan fingerprint density at radius 2 is 2.06 bits per heavy atom. The maximum Gasteiger partial charge on any atom is 0.391 e. The fourth-order valence-electron chi connectivity index (χ4n) is 1.36. The first-order chi connectivity index (χ1) is 8.40. The zero-order valence-corrected chi connectivity index (χ0v) is 10.3. The summed E-state index contributed by atoms with van der Waals surface area (Å²) in [5.41, 5.74) is 0. The van der Waals surface area contributed by atoms with Gasteiger partial charge in [-0.15, -0.1) is 5.10 Å². The van der Waals surface area contributed by atoms with Crippen LogP contribution in [0.1, 0.15) is 32.6 Å². The van der Waals surface area contributed by atoms with Crippen LogP contribution in [0.5, 0.6) is 0 Å². The molecule has 1 aromatic heterocycles. The Kier molecular flexibility index (Phi) is 5.39. The molecule has 0 aliphatic carbocycles. The predicted octanol–water partition coefficient (Wildman–Crippen LogP) is 2.32. The minimum Gasteiger partial charge on any atom is -0.407 e. The highest BCUT2D eigenvalue weighted by Gasteiger charge is 2.30. The van der Waals surface area contributed by atoms with E-state index in [1.165, 1.54) is 6.92 Å². The van der Waals surface area contributed by atoms with E-state index in [9.17, 15) is 13.2 Å². The van der Waals surface area contributed by atoms with E-state index in [4.69, 9.17) is 4.42 Å². The molecule has 0 aliphatic heterocycles. The molecule has 0 amide bonds. The molecule has 0 spiro atoms. The van der Waals surface area contributed by atoms with E-state index in [1.54, 1.807) is 0 Å². The molecule has 0 fully saturated rings. The summed E-state index contributed by atoms with van der Waals surface area (Å²) in [6.45, 7) is 4.66. The Balaban J connectivity index is 2.38. The Morgan fingerprint density at radius 1 is 1.33 bits per heavy atom. The first kappa shape index (κ1) is 14.7. The van der Waals surface area contributed by atoms with Crippen LogP contribution in [-0.4, -0.2) is 29.0 Å². The van der Waals surface area contributed by atoms with Gasteiger partial charge in [-0.3, -0.25) is 0 Å². The Morgan fingerprint density at radius 3 is 2.67 bits per heavy atom. The minimum absolute atomic E-state index is 0.0139. The van der Waals surface area contributed by atoms with Crippen LogP contribution in [0, 0.1) is 0 Å². The van der Waals surface area contributed by atoms with Crippen LogP contribution >= 0.6 is 0 Å². The molecule has 5 nitrogen and oxygen atoms in total. The molecule has 1 heterocycles. The van der Waals surface area contributed by atoms with E-state index >= 15 is 0 Å². The van der Waals surface area contributed by atoms with Gasteiger partial charge in [-0.25, -0.2) is 0 Å². The second-order valence-corrected chi connectivity index (χ2v) is 4.04. The lowest BCUT2D eigenvalue weighted by molar-refractivity contribution is -0.136. The summed E-state index contributed by atoms with van der Waals surface area (Å²) in [7, 11) is 0. The van der Waals surface area contributed by atoms with Gasteiger partial charge in [0.1, 0.15) is 0 Å². The lowest BCUT2D eigenvalue weighted by atomic mass is 10.2. The molecule has 0 radical (unpaired) electrons. The van der Waals surface area contributed by atoms with Gasteiger partial charge in [-0.05, 0) is 19.9 Å². The predicted molar refractivity (Wildman–Crippen MR) is 60.1 cm³/mol. The number of alkyl halides is 3. The maximum absolute atomic E-state index is 12.1. The van der Waals surface area contributed by atoms with Crippen LogP contribution < -0.4 is 10.6 Å². The van der Waals surface area contributed by atoms with Gasteiger partial charge in [0.15, 0.2) is 0 Å². The van der Waals surface area contributed by atoms with Gasteiger partial charge in [0.2, 0.25) is 5.89 Å². The summed E-state index contributed by atoms with van der Waals surface area (Å²) in [4.78, 5) is 0. The number of nitrogens with one attached hydrogen (secondary N) is 2. The summed E-state index contributed by atoms with van der Waals surface area (Å²) in [5.74, 6) is 0.352. The maximum atomic E-state index is 12.1.